The molecule has 1 N–H and O–H groups in total. The quantitative estimate of drug-likeness (QED) is 0.337. The topological polar surface area (TPSA) is 46.5 Å². The van der Waals surface area contributed by atoms with E-state index in [0.717, 1.165) is 7.11 Å². The molecule has 0 spiro atoms. The fourth-order valence-corrected chi connectivity index (χ4v) is 1.20. The second-order valence-electron chi connectivity index (χ2n) is 5.51. The first-order valence-electron chi connectivity index (χ1n) is 11.4. The summed E-state index contributed by atoms with van der Waals surface area (Å²) in [5.74, 6) is 98.1. The summed E-state index contributed by atoms with van der Waals surface area (Å²) in [5, 5.41) is 7.50. The maximum absolute atomic E-state index is 9.15. The fraction of sp³-hybridized carbons (Fsp3) is 0.0227. The summed E-state index contributed by atoms with van der Waals surface area (Å²) in [5.41, 5.74) is 0. The molecule has 0 aromatic heterocycles. The average Bonchev–Trinajstić information content (AvgIpc) is 3.08. The zero-order valence-corrected chi connectivity index (χ0v) is 23.9. The standard InChI is InChI=1S/C42H2.C2H4O3/c1-3-5-7-9-11-13-15-17-19-21-23-25-27-29-31-33-35-37-39-41-42-40-38-36-34-32-30-28-26-24-22-20-18-16-14-12-10-8-6-4-2;1-5-2(3)4/h1-2H;1H3,(H,3,4). The van der Waals surface area contributed by atoms with Crippen LogP contribution in [0.15, 0.2) is 0 Å². The Labute approximate surface area is 276 Å². The van der Waals surface area contributed by atoms with Crippen molar-refractivity contribution < 1.29 is 14.6 Å². The van der Waals surface area contributed by atoms with Gasteiger partial charge in [-0.25, -0.2) is 4.79 Å². The summed E-state index contributed by atoms with van der Waals surface area (Å²) >= 11 is 0. The van der Waals surface area contributed by atoms with E-state index in [1.807, 2.05) is 0 Å². The molecule has 0 aliphatic rings. The molecule has 0 fully saturated rings. The fourth-order valence-electron chi connectivity index (χ4n) is 1.20. The van der Waals surface area contributed by atoms with Crippen molar-refractivity contribution in [2.45, 2.75) is 0 Å². The van der Waals surface area contributed by atoms with Gasteiger partial charge in [-0.2, -0.15) is 0 Å². The van der Waals surface area contributed by atoms with Crippen LogP contribution in [0.1, 0.15) is 0 Å². The van der Waals surface area contributed by atoms with Crippen LogP contribution in [-0.4, -0.2) is 18.4 Å². The third kappa shape index (κ3) is 43.3. The first-order valence-corrected chi connectivity index (χ1v) is 11.4. The average molecular weight is 583 g/mol. The molecule has 0 saturated heterocycles. The van der Waals surface area contributed by atoms with Gasteiger partial charge in [0.25, 0.3) is 0 Å². The van der Waals surface area contributed by atoms with Crippen molar-refractivity contribution in [2.75, 3.05) is 7.11 Å². The summed E-state index contributed by atoms with van der Waals surface area (Å²) in [4.78, 5) is 9.15. The Morgan fingerprint density at radius 3 is 0.468 bits per heavy atom. The van der Waals surface area contributed by atoms with Crippen molar-refractivity contribution in [1.29, 1.82) is 0 Å². The summed E-state index contributed by atoms with van der Waals surface area (Å²) in [7, 11) is 1.10. The summed E-state index contributed by atoms with van der Waals surface area (Å²) in [6.07, 6.45) is 8.62. The minimum Gasteiger partial charge on any atom is -0.450 e. The molecule has 3 nitrogen and oxygen atoms in total. The van der Waals surface area contributed by atoms with Crippen LogP contribution in [-0.2, 0) is 4.74 Å². The van der Waals surface area contributed by atoms with Gasteiger partial charge in [0.15, 0.2) is 0 Å². The van der Waals surface area contributed by atoms with E-state index >= 15 is 0 Å². The molecule has 0 bridgehead atoms. The van der Waals surface area contributed by atoms with E-state index in [-0.39, 0.29) is 0 Å². The zero-order chi connectivity index (χ0) is 34.6. The molecule has 0 atom stereocenters. The minimum absolute atomic E-state index is 1.10. The molecule has 200 valence electrons. The lowest BCUT2D eigenvalue weighted by Crippen LogP contribution is -1.91. The first-order chi connectivity index (χ1) is 23.2. The van der Waals surface area contributed by atoms with Crippen LogP contribution in [0.2, 0.25) is 0 Å². The molecule has 0 aliphatic carbocycles. The molecule has 0 saturated carbocycles. The van der Waals surface area contributed by atoms with Gasteiger partial charge in [0, 0.05) is 142 Å². The molecule has 0 aliphatic heterocycles. The molecule has 0 rings (SSSR count). The Kier molecular flexibility index (Phi) is 31.8. The van der Waals surface area contributed by atoms with Crippen LogP contribution in [0.5, 0.6) is 0 Å². The molecular formula is C44H6O3. The van der Waals surface area contributed by atoms with Crippen LogP contribution in [0.4, 0.5) is 4.79 Å². The first kappa shape index (κ1) is 39.2. The van der Waals surface area contributed by atoms with E-state index in [4.69, 9.17) is 22.7 Å². The van der Waals surface area contributed by atoms with E-state index in [1.165, 1.54) is 0 Å². The van der Waals surface area contributed by atoms with Gasteiger partial charge in [-0.3, -0.25) is 0 Å². The molecule has 0 unspecified atom stereocenters. The zero-order valence-electron chi connectivity index (χ0n) is 23.9. The van der Waals surface area contributed by atoms with E-state index < -0.39 is 6.16 Å². The van der Waals surface area contributed by atoms with Crippen molar-refractivity contribution in [3.05, 3.63) is 0 Å². The second kappa shape index (κ2) is 38.2. The highest BCUT2D eigenvalue weighted by Gasteiger charge is 1.80. The van der Waals surface area contributed by atoms with Gasteiger partial charge in [0.05, 0.1) is 7.11 Å². The minimum atomic E-state index is -1.25. The van der Waals surface area contributed by atoms with Crippen molar-refractivity contribution in [3.8, 4) is 250 Å². The number of carboxylic acid groups (broad SMARTS) is 1. The number of terminal acetylenes is 2. The predicted molar refractivity (Wildman–Crippen MR) is 180 cm³/mol. The predicted octanol–water partition coefficient (Wildman–Crippen LogP) is 0.628. The maximum atomic E-state index is 9.15. The van der Waals surface area contributed by atoms with E-state index in [2.05, 4.69) is 242 Å². The van der Waals surface area contributed by atoms with Crippen LogP contribution < -0.4 is 0 Å². The van der Waals surface area contributed by atoms with Crippen molar-refractivity contribution >= 4 is 6.16 Å². The summed E-state index contributed by atoms with van der Waals surface area (Å²) < 4.78 is 3.67. The lowest BCUT2D eigenvalue weighted by molar-refractivity contribution is 0.114. The molecule has 0 heterocycles. The SMILES string of the molecule is C#CC#CC#CC#CC#CC#CC#CC#CC#CC#CC#CC#CC#CC#CC#CC#CC#CC#CC#CC#CC#C.COC(=O)O. The summed E-state index contributed by atoms with van der Waals surface area (Å²) in [6, 6.07) is 0. The summed E-state index contributed by atoms with van der Waals surface area (Å²) in [6.45, 7) is 0. The second-order valence-corrected chi connectivity index (χ2v) is 5.51. The maximum Gasteiger partial charge on any atom is 0.505 e. The lowest BCUT2D eigenvalue weighted by Gasteiger charge is -1.79. The molecule has 3 heteroatoms. The number of carbonyl (C=O) groups is 1. The number of hydrogen-bond acceptors (Lipinski definition) is 2. The van der Waals surface area contributed by atoms with Gasteiger partial charge >= 0.3 is 6.16 Å². The van der Waals surface area contributed by atoms with Gasteiger partial charge < -0.3 is 9.84 Å². The van der Waals surface area contributed by atoms with Crippen molar-refractivity contribution in [1.82, 2.24) is 0 Å². The number of rotatable bonds is 0. The van der Waals surface area contributed by atoms with Crippen molar-refractivity contribution in [3.63, 3.8) is 0 Å². The monoisotopic (exact) mass is 582 g/mol. The van der Waals surface area contributed by atoms with Gasteiger partial charge in [0.2, 0.25) is 0 Å². The van der Waals surface area contributed by atoms with E-state index in [0.29, 0.717) is 0 Å². The van der Waals surface area contributed by atoms with Crippen LogP contribution >= 0.6 is 0 Å². The highest BCUT2D eigenvalue weighted by molar-refractivity contribution is 5.56. The van der Waals surface area contributed by atoms with Crippen LogP contribution in [0, 0.1) is 250 Å². The smallest absolute Gasteiger partial charge is 0.450 e. The largest absolute Gasteiger partial charge is 0.505 e. The van der Waals surface area contributed by atoms with Gasteiger partial charge in [-0.15, -0.1) is 12.8 Å². The Balaban J connectivity index is 0. The van der Waals surface area contributed by atoms with E-state index in [1.54, 1.807) is 0 Å². The molecule has 0 aromatic carbocycles. The van der Waals surface area contributed by atoms with E-state index in [9.17, 15) is 0 Å². The highest BCUT2D eigenvalue weighted by atomic mass is 16.6. The van der Waals surface area contributed by atoms with Crippen molar-refractivity contribution in [2.24, 2.45) is 0 Å². The number of hydrogen-bond donors (Lipinski definition) is 1. The Bertz CT molecular complexity index is 2420. The number of methoxy groups -OCH3 is 1. The Hall–Kier alpha value is -9.97. The Morgan fingerprint density at radius 2 is 0.404 bits per heavy atom. The van der Waals surface area contributed by atoms with Gasteiger partial charge in [0.1, 0.15) is 0 Å². The normalized spacial score (nSPS) is 4.15. The lowest BCUT2D eigenvalue weighted by atomic mass is 10.4. The third-order valence-electron chi connectivity index (χ3n) is 2.63. The number of ether oxygens (including phenoxy) is 1. The van der Waals surface area contributed by atoms with Gasteiger partial charge in [-0.05, 0) is 94.7 Å². The molecule has 0 amide bonds. The molecule has 0 radical (unpaired) electrons. The third-order valence-corrected chi connectivity index (χ3v) is 2.63. The Morgan fingerprint density at radius 1 is 0.319 bits per heavy atom. The van der Waals surface area contributed by atoms with Gasteiger partial charge in [-0.1, -0.05) is 0 Å². The highest BCUT2D eigenvalue weighted by Crippen LogP contribution is 1.62. The molecular weight excluding hydrogens is 576 g/mol. The van der Waals surface area contributed by atoms with Crippen LogP contribution in [0.25, 0.3) is 0 Å². The van der Waals surface area contributed by atoms with Crippen LogP contribution in [0.3, 0.4) is 0 Å². The molecule has 47 heavy (non-hydrogen) atoms. The molecule has 0 aromatic rings.